The highest BCUT2D eigenvalue weighted by atomic mass is 19.1. The fourth-order valence-electron chi connectivity index (χ4n) is 4.73. The number of phenols is 1. The molecule has 0 spiro atoms. The molecule has 0 radical (unpaired) electrons. The Hall–Kier alpha value is -4.05. The van der Waals surface area contributed by atoms with Gasteiger partial charge in [-0.2, -0.15) is 0 Å². The van der Waals surface area contributed by atoms with Gasteiger partial charge in [-0.3, -0.25) is 14.4 Å². The van der Waals surface area contributed by atoms with Crippen LogP contribution in [0, 0.1) is 11.6 Å². The van der Waals surface area contributed by atoms with Gasteiger partial charge in [-0.15, -0.1) is 0 Å². The van der Waals surface area contributed by atoms with Crippen molar-refractivity contribution in [2.45, 2.75) is 38.1 Å². The third-order valence-electron chi connectivity index (χ3n) is 6.58. The first-order valence-corrected chi connectivity index (χ1v) is 11.4. The summed E-state index contributed by atoms with van der Waals surface area (Å²) in [6.45, 7) is 0.347. The van der Waals surface area contributed by atoms with Gasteiger partial charge in [0.05, 0.1) is 24.8 Å². The van der Waals surface area contributed by atoms with E-state index in [0.717, 1.165) is 11.6 Å². The zero-order valence-corrected chi connectivity index (χ0v) is 19.0. The smallest absolute Gasteiger partial charge is 0.276 e. The van der Waals surface area contributed by atoms with Crippen molar-refractivity contribution in [2.75, 3.05) is 6.61 Å². The summed E-state index contributed by atoms with van der Waals surface area (Å²) in [5, 5.41) is 20.1. The van der Waals surface area contributed by atoms with Crippen LogP contribution in [0.1, 0.15) is 38.4 Å². The molecule has 0 unspecified atom stereocenters. The van der Waals surface area contributed by atoms with E-state index in [2.05, 4.69) is 0 Å². The molecule has 8 nitrogen and oxygen atoms in total. The van der Waals surface area contributed by atoms with Crippen LogP contribution in [-0.4, -0.2) is 50.2 Å². The SMILES string of the molecule is O=C(CCc1ccc(F)cc1F)c1cn2c(c(O)c1=O)C(=O)N1[C@@H](Cc3ccc(O)cc3)CO[C@@H]1C2. The van der Waals surface area contributed by atoms with Crippen LogP contribution < -0.4 is 5.43 Å². The van der Waals surface area contributed by atoms with Gasteiger partial charge in [0.2, 0.25) is 5.43 Å². The lowest BCUT2D eigenvalue weighted by Crippen LogP contribution is -2.50. The number of carbonyl (C=O) groups excluding carboxylic acids is 2. The van der Waals surface area contributed by atoms with Crippen molar-refractivity contribution in [3.05, 3.63) is 92.9 Å². The van der Waals surface area contributed by atoms with Gasteiger partial charge in [0, 0.05) is 18.7 Å². The quantitative estimate of drug-likeness (QED) is 0.508. The fraction of sp³-hybridized carbons (Fsp3) is 0.269. The number of benzene rings is 2. The lowest BCUT2D eigenvalue weighted by atomic mass is 10.0. The second kappa shape index (κ2) is 9.19. The summed E-state index contributed by atoms with van der Waals surface area (Å²) in [6, 6.07) is 9.25. The van der Waals surface area contributed by atoms with Crippen molar-refractivity contribution in [3.8, 4) is 11.5 Å². The van der Waals surface area contributed by atoms with Gasteiger partial charge in [0.25, 0.3) is 5.91 Å². The second-order valence-electron chi connectivity index (χ2n) is 8.91. The molecule has 2 aliphatic heterocycles. The van der Waals surface area contributed by atoms with Crippen molar-refractivity contribution >= 4 is 11.7 Å². The Morgan fingerprint density at radius 2 is 1.83 bits per heavy atom. The first-order valence-electron chi connectivity index (χ1n) is 11.4. The van der Waals surface area contributed by atoms with Gasteiger partial charge in [0.15, 0.2) is 23.5 Å². The monoisotopic (exact) mass is 496 g/mol. The number of aryl methyl sites for hydroxylation is 1. The van der Waals surface area contributed by atoms with Gasteiger partial charge >= 0.3 is 0 Å². The molecule has 1 amide bonds. The minimum atomic E-state index is -0.979. The van der Waals surface area contributed by atoms with E-state index in [1.807, 2.05) is 0 Å². The lowest BCUT2D eigenvalue weighted by Gasteiger charge is -2.34. The largest absolute Gasteiger partial charge is 0.508 e. The van der Waals surface area contributed by atoms with Gasteiger partial charge in [-0.05, 0) is 42.2 Å². The van der Waals surface area contributed by atoms with Crippen LogP contribution in [0.15, 0.2) is 53.5 Å². The highest BCUT2D eigenvalue weighted by Gasteiger charge is 2.44. The van der Waals surface area contributed by atoms with Crippen molar-refractivity contribution in [2.24, 2.45) is 0 Å². The van der Waals surface area contributed by atoms with E-state index < -0.39 is 40.7 Å². The molecule has 0 bridgehead atoms. The molecule has 1 saturated heterocycles. The number of ether oxygens (including phenoxy) is 1. The fourth-order valence-corrected chi connectivity index (χ4v) is 4.73. The molecule has 2 N–H and O–H groups in total. The second-order valence-corrected chi connectivity index (χ2v) is 8.91. The number of amides is 1. The Labute approximate surface area is 204 Å². The first-order chi connectivity index (χ1) is 17.2. The Balaban J connectivity index is 1.38. The van der Waals surface area contributed by atoms with Crippen LogP contribution in [-0.2, 0) is 24.1 Å². The molecule has 3 aromatic rings. The number of hydrogen-bond acceptors (Lipinski definition) is 6. The van der Waals surface area contributed by atoms with Gasteiger partial charge in [0.1, 0.15) is 17.4 Å². The van der Waals surface area contributed by atoms with Gasteiger partial charge in [-0.25, -0.2) is 8.78 Å². The van der Waals surface area contributed by atoms with E-state index in [1.165, 1.54) is 21.7 Å². The average molecular weight is 496 g/mol. The van der Waals surface area contributed by atoms with Crippen LogP contribution in [0.3, 0.4) is 0 Å². The van der Waals surface area contributed by atoms with Gasteiger partial charge < -0.3 is 24.4 Å². The van der Waals surface area contributed by atoms with Crippen molar-refractivity contribution in [1.82, 2.24) is 9.47 Å². The van der Waals surface area contributed by atoms with E-state index in [9.17, 15) is 33.4 Å². The number of fused-ring (bicyclic) bond motifs is 2. The molecule has 1 fully saturated rings. The number of ketones is 1. The molecule has 2 aliphatic rings. The summed E-state index contributed by atoms with van der Waals surface area (Å²) in [7, 11) is 0. The Morgan fingerprint density at radius 1 is 1.08 bits per heavy atom. The van der Waals surface area contributed by atoms with E-state index >= 15 is 0 Å². The van der Waals surface area contributed by atoms with E-state index in [4.69, 9.17) is 4.74 Å². The minimum Gasteiger partial charge on any atom is -0.508 e. The summed E-state index contributed by atoms with van der Waals surface area (Å²) in [6.07, 6.45) is 0.719. The highest BCUT2D eigenvalue weighted by molar-refractivity contribution is 6.00. The van der Waals surface area contributed by atoms with Crippen molar-refractivity contribution in [3.63, 3.8) is 0 Å². The molecule has 2 atom stereocenters. The molecule has 0 saturated carbocycles. The van der Waals surface area contributed by atoms with Crippen molar-refractivity contribution in [1.29, 1.82) is 0 Å². The number of Topliss-reactive ketones (excluding diaryl/α,β-unsaturated/α-hetero) is 1. The third kappa shape index (κ3) is 4.24. The molecule has 3 heterocycles. The number of rotatable bonds is 6. The molecule has 0 aliphatic carbocycles. The standard InChI is InChI=1S/C26H22F2N2O6/c27-16-5-3-15(20(28)10-16)4-8-21(32)19-11-29-12-22-30(26(35)23(29)25(34)24(19)33)17(13-36-22)9-14-1-6-18(31)7-2-14/h1-3,5-7,10-11,17,22,31,34H,4,8-9,12-13H2/t17-,22+/m0/s1. The molecule has 186 valence electrons. The molecule has 10 heteroatoms. The van der Waals surface area contributed by atoms with E-state index in [0.29, 0.717) is 12.5 Å². The number of pyridine rings is 1. The summed E-state index contributed by atoms with van der Waals surface area (Å²) < 4.78 is 34.2. The van der Waals surface area contributed by atoms with Crippen LogP contribution in [0.25, 0.3) is 0 Å². The predicted molar refractivity (Wildman–Crippen MR) is 123 cm³/mol. The molecule has 2 aromatic carbocycles. The maximum absolute atomic E-state index is 13.9. The number of hydrogen-bond donors (Lipinski definition) is 2. The Bertz CT molecular complexity index is 1420. The average Bonchev–Trinajstić information content (AvgIpc) is 3.24. The van der Waals surface area contributed by atoms with E-state index in [-0.39, 0.29) is 54.6 Å². The predicted octanol–water partition coefficient (Wildman–Crippen LogP) is 2.78. The van der Waals surface area contributed by atoms with Gasteiger partial charge in [-0.1, -0.05) is 18.2 Å². The summed E-state index contributed by atoms with van der Waals surface area (Å²) in [5.41, 5.74) is -0.525. The molecule has 36 heavy (non-hydrogen) atoms. The first kappa shape index (κ1) is 23.7. The lowest BCUT2D eigenvalue weighted by molar-refractivity contribution is 0.00576. The summed E-state index contributed by atoms with van der Waals surface area (Å²) in [5.74, 6) is -3.46. The number of aromatic nitrogens is 1. The van der Waals surface area contributed by atoms with Crippen LogP contribution in [0.5, 0.6) is 11.5 Å². The zero-order chi connectivity index (χ0) is 25.6. The maximum Gasteiger partial charge on any atom is 0.276 e. The third-order valence-corrected chi connectivity index (χ3v) is 6.58. The zero-order valence-electron chi connectivity index (χ0n) is 19.0. The topological polar surface area (TPSA) is 109 Å². The molecular formula is C26H22F2N2O6. The van der Waals surface area contributed by atoms with Crippen LogP contribution in [0.2, 0.25) is 0 Å². The number of carbonyl (C=O) groups is 2. The normalized spacial score (nSPS) is 18.7. The molecule has 1 aromatic heterocycles. The van der Waals surface area contributed by atoms with Crippen LogP contribution >= 0.6 is 0 Å². The number of aromatic hydroxyl groups is 2. The molecule has 5 rings (SSSR count). The Kier molecular flexibility index (Phi) is 6.05. The Morgan fingerprint density at radius 3 is 2.56 bits per heavy atom. The minimum absolute atomic E-state index is 0.0652. The van der Waals surface area contributed by atoms with Crippen LogP contribution in [0.4, 0.5) is 8.78 Å². The summed E-state index contributed by atoms with van der Waals surface area (Å²) >= 11 is 0. The highest BCUT2D eigenvalue weighted by Crippen LogP contribution is 2.31. The molecular weight excluding hydrogens is 474 g/mol. The number of halogens is 2. The number of nitrogens with zero attached hydrogens (tertiary/aromatic N) is 2. The van der Waals surface area contributed by atoms with E-state index in [1.54, 1.807) is 24.3 Å². The maximum atomic E-state index is 13.9. The number of phenolic OH excluding ortho intramolecular Hbond substituents is 1. The van der Waals surface area contributed by atoms with Crippen molar-refractivity contribution < 1.29 is 33.3 Å². The summed E-state index contributed by atoms with van der Waals surface area (Å²) in [4.78, 5) is 40.4.